The Bertz CT molecular complexity index is 1120. The van der Waals surface area contributed by atoms with Crippen LogP contribution in [0.25, 0.3) is 0 Å². The second-order valence-electron chi connectivity index (χ2n) is 7.57. The molecule has 180 valence electrons. The van der Waals surface area contributed by atoms with Gasteiger partial charge in [0.2, 0.25) is 5.91 Å². The van der Waals surface area contributed by atoms with Crippen LogP contribution < -0.4 is 14.8 Å². The number of amides is 1. The van der Waals surface area contributed by atoms with Gasteiger partial charge in [0, 0.05) is 18.4 Å². The summed E-state index contributed by atoms with van der Waals surface area (Å²) in [6, 6.07) is 10.1. The Labute approximate surface area is 199 Å². The Morgan fingerprint density at radius 3 is 2.76 bits per heavy atom. The van der Waals surface area contributed by atoms with Crippen molar-refractivity contribution in [3.63, 3.8) is 0 Å². The number of aromatic nitrogens is 3. The molecule has 1 aromatic heterocycles. The van der Waals surface area contributed by atoms with Crippen LogP contribution in [-0.4, -0.2) is 46.2 Å². The molecule has 1 saturated heterocycles. The largest absolute Gasteiger partial charge is 0.497 e. The van der Waals surface area contributed by atoms with E-state index in [0.717, 1.165) is 25.0 Å². The molecule has 1 aliphatic rings. The first-order chi connectivity index (χ1) is 16.5. The quantitative estimate of drug-likeness (QED) is 0.429. The number of ether oxygens (including phenoxy) is 3. The fraction of sp³-hybridized carbons (Fsp3) is 0.348. The van der Waals surface area contributed by atoms with E-state index in [-0.39, 0.29) is 30.1 Å². The first-order valence-electron chi connectivity index (χ1n) is 10.7. The third-order valence-electron chi connectivity index (χ3n) is 5.16. The summed E-state index contributed by atoms with van der Waals surface area (Å²) in [5.41, 5.74) is 0.655. The van der Waals surface area contributed by atoms with Crippen LogP contribution in [0, 0.1) is 11.6 Å². The lowest BCUT2D eigenvalue weighted by Crippen LogP contribution is -2.19. The average molecular weight is 491 g/mol. The van der Waals surface area contributed by atoms with E-state index in [0.29, 0.717) is 35.6 Å². The SMILES string of the molecule is COc1ccc(NC(=O)CSc2nnc(COc3ccc(F)cc3F)n2CC2CCCO2)cc1. The van der Waals surface area contributed by atoms with Crippen molar-refractivity contribution >= 4 is 23.4 Å². The molecule has 1 atom stereocenters. The fourth-order valence-electron chi connectivity index (χ4n) is 3.44. The molecule has 0 saturated carbocycles. The highest BCUT2D eigenvalue weighted by Crippen LogP contribution is 2.24. The zero-order chi connectivity index (χ0) is 23.9. The number of anilines is 1. The zero-order valence-corrected chi connectivity index (χ0v) is 19.3. The van der Waals surface area contributed by atoms with Crippen molar-refractivity contribution in [3.05, 3.63) is 59.9 Å². The predicted octanol–water partition coefficient (Wildman–Crippen LogP) is 4.05. The van der Waals surface area contributed by atoms with Crippen molar-refractivity contribution in [2.45, 2.75) is 37.3 Å². The Morgan fingerprint density at radius 2 is 2.06 bits per heavy atom. The van der Waals surface area contributed by atoms with Crippen LogP contribution >= 0.6 is 11.8 Å². The lowest BCUT2D eigenvalue weighted by atomic mass is 10.2. The third kappa shape index (κ3) is 6.23. The maximum absolute atomic E-state index is 13.9. The third-order valence-corrected chi connectivity index (χ3v) is 6.13. The standard InChI is InChI=1S/C23H24F2N4O4S/c1-31-17-7-5-16(6-8-17)26-22(30)14-34-23-28-27-21(29(23)12-18-3-2-10-32-18)13-33-20-9-4-15(24)11-19(20)25/h4-9,11,18H,2-3,10,12-14H2,1H3,(H,26,30). The van der Waals surface area contributed by atoms with Crippen molar-refractivity contribution < 1.29 is 27.8 Å². The molecule has 1 amide bonds. The summed E-state index contributed by atoms with van der Waals surface area (Å²) in [4.78, 5) is 12.4. The molecule has 2 aromatic carbocycles. The molecule has 11 heteroatoms. The van der Waals surface area contributed by atoms with Gasteiger partial charge in [0.25, 0.3) is 0 Å². The Hall–Kier alpha value is -3.18. The lowest BCUT2D eigenvalue weighted by Gasteiger charge is -2.15. The predicted molar refractivity (Wildman–Crippen MR) is 122 cm³/mol. The summed E-state index contributed by atoms with van der Waals surface area (Å²) in [6.45, 7) is 1.10. The van der Waals surface area contributed by atoms with Crippen molar-refractivity contribution in [3.8, 4) is 11.5 Å². The highest BCUT2D eigenvalue weighted by atomic mass is 32.2. The van der Waals surface area contributed by atoms with Gasteiger partial charge in [-0.1, -0.05) is 11.8 Å². The maximum Gasteiger partial charge on any atom is 0.234 e. The number of rotatable bonds is 10. The van der Waals surface area contributed by atoms with Gasteiger partial charge >= 0.3 is 0 Å². The van der Waals surface area contributed by atoms with E-state index in [4.69, 9.17) is 14.2 Å². The number of thioether (sulfide) groups is 1. The molecular formula is C23H24F2N4O4S. The Kier molecular flexibility index (Phi) is 7.96. The number of hydrogen-bond acceptors (Lipinski definition) is 7. The smallest absolute Gasteiger partial charge is 0.234 e. The van der Waals surface area contributed by atoms with Crippen molar-refractivity contribution in [2.75, 3.05) is 24.8 Å². The van der Waals surface area contributed by atoms with Crippen LogP contribution in [0.2, 0.25) is 0 Å². The topological polar surface area (TPSA) is 87.5 Å². The van der Waals surface area contributed by atoms with Gasteiger partial charge in [-0.2, -0.15) is 0 Å². The van der Waals surface area contributed by atoms with E-state index < -0.39 is 11.6 Å². The van der Waals surface area contributed by atoms with Gasteiger partial charge in [0.1, 0.15) is 18.2 Å². The van der Waals surface area contributed by atoms with Gasteiger partial charge < -0.3 is 24.1 Å². The molecule has 0 spiro atoms. The molecule has 0 bridgehead atoms. The minimum atomic E-state index is -0.796. The van der Waals surface area contributed by atoms with Gasteiger partial charge in [-0.3, -0.25) is 4.79 Å². The second-order valence-corrected chi connectivity index (χ2v) is 8.52. The molecule has 8 nitrogen and oxygen atoms in total. The van der Waals surface area contributed by atoms with Crippen LogP contribution in [0.3, 0.4) is 0 Å². The summed E-state index contributed by atoms with van der Waals surface area (Å²) in [7, 11) is 1.58. The van der Waals surface area contributed by atoms with Crippen molar-refractivity contribution in [2.24, 2.45) is 0 Å². The highest BCUT2D eigenvalue weighted by Gasteiger charge is 2.22. The average Bonchev–Trinajstić information content (AvgIpc) is 3.48. The molecule has 0 aliphatic carbocycles. The first kappa shape index (κ1) is 24.0. The molecule has 4 rings (SSSR count). The number of carbonyl (C=O) groups excluding carboxylic acids is 1. The Balaban J connectivity index is 1.41. The van der Waals surface area contributed by atoms with Gasteiger partial charge in [0.15, 0.2) is 22.5 Å². The van der Waals surface area contributed by atoms with Crippen molar-refractivity contribution in [1.82, 2.24) is 14.8 Å². The van der Waals surface area contributed by atoms with Crippen LogP contribution in [0.4, 0.5) is 14.5 Å². The van der Waals surface area contributed by atoms with E-state index in [2.05, 4.69) is 15.5 Å². The van der Waals surface area contributed by atoms with Crippen LogP contribution in [0.5, 0.6) is 11.5 Å². The van der Waals surface area contributed by atoms with Crippen LogP contribution in [0.15, 0.2) is 47.6 Å². The Morgan fingerprint density at radius 1 is 1.24 bits per heavy atom. The number of hydrogen-bond donors (Lipinski definition) is 1. The fourth-order valence-corrected chi connectivity index (χ4v) is 4.21. The number of benzene rings is 2. The highest BCUT2D eigenvalue weighted by molar-refractivity contribution is 7.99. The summed E-state index contributed by atoms with van der Waals surface area (Å²) in [5.74, 6) is -0.493. The molecule has 0 radical (unpaired) electrons. The van der Waals surface area contributed by atoms with Gasteiger partial charge in [0.05, 0.1) is 25.5 Å². The summed E-state index contributed by atoms with van der Waals surface area (Å²) < 4.78 is 45.3. The molecule has 1 fully saturated rings. The molecule has 1 aliphatic heterocycles. The van der Waals surface area contributed by atoms with Gasteiger partial charge in [-0.25, -0.2) is 8.78 Å². The molecule has 1 unspecified atom stereocenters. The van der Waals surface area contributed by atoms with E-state index in [1.165, 1.54) is 17.8 Å². The van der Waals surface area contributed by atoms with E-state index in [9.17, 15) is 13.6 Å². The molecule has 2 heterocycles. The number of halogens is 2. The number of nitrogens with zero attached hydrogens (tertiary/aromatic N) is 3. The number of carbonyl (C=O) groups is 1. The van der Waals surface area contributed by atoms with Gasteiger partial charge in [-0.15, -0.1) is 10.2 Å². The summed E-state index contributed by atoms with van der Waals surface area (Å²) >= 11 is 1.23. The minimum absolute atomic E-state index is 0.00946. The van der Waals surface area contributed by atoms with Gasteiger partial charge in [-0.05, 0) is 49.2 Å². The van der Waals surface area contributed by atoms with Crippen molar-refractivity contribution in [1.29, 1.82) is 0 Å². The molecule has 1 N–H and O–H groups in total. The number of nitrogens with one attached hydrogen (secondary N) is 1. The zero-order valence-electron chi connectivity index (χ0n) is 18.5. The van der Waals surface area contributed by atoms with E-state index in [1.807, 2.05) is 4.57 Å². The summed E-state index contributed by atoms with van der Waals surface area (Å²) in [5, 5.41) is 11.7. The monoisotopic (exact) mass is 490 g/mol. The first-order valence-corrected chi connectivity index (χ1v) is 11.7. The second kappa shape index (κ2) is 11.3. The minimum Gasteiger partial charge on any atom is -0.497 e. The number of methoxy groups -OCH3 is 1. The molecular weight excluding hydrogens is 466 g/mol. The van der Waals surface area contributed by atoms with E-state index >= 15 is 0 Å². The maximum atomic E-state index is 13.9. The normalized spacial score (nSPS) is 15.3. The van der Waals surface area contributed by atoms with E-state index in [1.54, 1.807) is 31.4 Å². The van der Waals surface area contributed by atoms with Crippen LogP contribution in [0.1, 0.15) is 18.7 Å². The van der Waals surface area contributed by atoms with Crippen LogP contribution in [-0.2, 0) is 22.7 Å². The molecule has 3 aromatic rings. The lowest BCUT2D eigenvalue weighted by molar-refractivity contribution is -0.113. The summed E-state index contributed by atoms with van der Waals surface area (Å²) in [6.07, 6.45) is 1.85. The molecule has 34 heavy (non-hydrogen) atoms.